The lowest BCUT2D eigenvalue weighted by Crippen LogP contribution is -2.17. The molecular formula is C11H18O4. The van der Waals surface area contributed by atoms with E-state index in [1.165, 1.54) is 7.11 Å². The summed E-state index contributed by atoms with van der Waals surface area (Å²) >= 11 is 0. The van der Waals surface area contributed by atoms with E-state index in [0.717, 1.165) is 5.57 Å². The number of rotatable bonds is 5. The van der Waals surface area contributed by atoms with Gasteiger partial charge in [-0.1, -0.05) is 13.0 Å². The molecule has 4 heteroatoms. The summed E-state index contributed by atoms with van der Waals surface area (Å²) < 4.78 is 8.94. The zero-order valence-corrected chi connectivity index (χ0v) is 9.40. The molecule has 0 saturated carbocycles. The van der Waals surface area contributed by atoms with Crippen molar-refractivity contribution in [2.45, 2.75) is 20.0 Å². The number of carbonyl (C=O) groups excluding carboxylic acids is 1. The van der Waals surface area contributed by atoms with Crippen LogP contribution in [0, 0.1) is 5.92 Å². The van der Waals surface area contributed by atoms with Gasteiger partial charge in [0.2, 0.25) is 0 Å². The Hall–Kier alpha value is -1.29. The number of ether oxygens (including phenoxy) is 2. The van der Waals surface area contributed by atoms with Crippen molar-refractivity contribution in [1.82, 2.24) is 0 Å². The normalized spacial score (nSPS) is 15.3. The Morgan fingerprint density at radius 2 is 2.20 bits per heavy atom. The number of hydrogen-bond donors (Lipinski definition) is 1. The molecule has 0 rings (SSSR count). The fourth-order valence-electron chi connectivity index (χ4n) is 0.964. The van der Waals surface area contributed by atoms with Crippen LogP contribution >= 0.6 is 0 Å². The van der Waals surface area contributed by atoms with Gasteiger partial charge in [0.1, 0.15) is 6.61 Å². The summed E-state index contributed by atoms with van der Waals surface area (Å²) in [6, 6.07) is 0. The van der Waals surface area contributed by atoms with Crippen LogP contribution < -0.4 is 0 Å². The van der Waals surface area contributed by atoms with Gasteiger partial charge >= 0.3 is 6.16 Å². The minimum Gasteiger partial charge on any atom is -0.438 e. The largest absolute Gasteiger partial charge is 0.508 e. The van der Waals surface area contributed by atoms with E-state index < -0.39 is 12.3 Å². The quantitative estimate of drug-likeness (QED) is 0.561. The minimum atomic E-state index is -0.731. The third-order valence-electron chi connectivity index (χ3n) is 2.11. The summed E-state index contributed by atoms with van der Waals surface area (Å²) in [4.78, 5) is 10.6. The molecule has 0 unspecified atom stereocenters. The molecule has 0 saturated heterocycles. The highest BCUT2D eigenvalue weighted by Gasteiger charge is 2.12. The Bertz CT molecular complexity index is 245. The van der Waals surface area contributed by atoms with Gasteiger partial charge in [0.15, 0.2) is 0 Å². The van der Waals surface area contributed by atoms with E-state index in [1.807, 2.05) is 6.92 Å². The monoisotopic (exact) mass is 214 g/mol. The Kier molecular flexibility index (Phi) is 6.45. The van der Waals surface area contributed by atoms with Crippen LogP contribution in [0.25, 0.3) is 0 Å². The molecule has 0 aromatic rings. The van der Waals surface area contributed by atoms with E-state index >= 15 is 0 Å². The standard InChI is InChI=1S/C11H18O4/c1-5-8(2)10(12)9(3)6-7-15-11(13)14-4/h5-6,8,10,12H,1,7H2,2-4H3/b9-6+/t8-,10+/m0/s1. The molecule has 1 N–H and O–H groups in total. The molecule has 0 radical (unpaired) electrons. The number of aliphatic hydroxyl groups is 1. The van der Waals surface area contributed by atoms with Gasteiger partial charge in [-0.25, -0.2) is 4.79 Å². The van der Waals surface area contributed by atoms with Crippen molar-refractivity contribution in [2.24, 2.45) is 5.92 Å². The molecule has 0 aliphatic rings. The highest BCUT2D eigenvalue weighted by Crippen LogP contribution is 2.12. The Labute approximate surface area is 90.2 Å². The summed E-state index contributed by atoms with van der Waals surface area (Å²) in [6.45, 7) is 7.32. The first-order valence-corrected chi connectivity index (χ1v) is 4.71. The van der Waals surface area contributed by atoms with Crippen LogP contribution in [0.2, 0.25) is 0 Å². The molecule has 4 nitrogen and oxygen atoms in total. The van der Waals surface area contributed by atoms with Crippen LogP contribution in [-0.2, 0) is 9.47 Å². The van der Waals surface area contributed by atoms with Gasteiger partial charge in [-0.05, 0) is 18.6 Å². The van der Waals surface area contributed by atoms with Gasteiger partial charge in [0, 0.05) is 5.92 Å². The van der Waals surface area contributed by atoms with E-state index in [1.54, 1.807) is 19.1 Å². The van der Waals surface area contributed by atoms with Crippen molar-refractivity contribution < 1.29 is 19.4 Å². The molecule has 0 aliphatic carbocycles. The van der Waals surface area contributed by atoms with Gasteiger partial charge in [-0.2, -0.15) is 0 Å². The maximum absolute atomic E-state index is 10.6. The molecule has 0 heterocycles. The van der Waals surface area contributed by atoms with Crippen LogP contribution in [-0.4, -0.2) is 31.1 Å². The van der Waals surface area contributed by atoms with Crippen molar-refractivity contribution in [3.63, 3.8) is 0 Å². The molecule has 15 heavy (non-hydrogen) atoms. The third-order valence-corrected chi connectivity index (χ3v) is 2.11. The topological polar surface area (TPSA) is 55.8 Å². The predicted octanol–water partition coefficient (Wildman–Crippen LogP) is 1.90. The van der Waals surface area contributed by atoms with Gasteiger partial charge in [-0.3, -0.25) is 0 Å². The molecule has 0 amide bonds. The summed E-state index contributed by atoms with van der Waals surface area (Å²) in [5, 5.41) is 9.70. The number of aliphatic hydroxyl groups excluding tert-OH is 1. The average Bonchev–Trinajstić information content (AvgIpc) is 2.26. The Balaban J connectivity index is 4.08. The zero-order valence-electron chi connectivity index (χ0n) is 9.40. The van der Waals surface area contributed by atoms with Crippen molar-refractivity contribution >= 4 is 6.16 Å². The van der Waals surface area contributed by atoms with Crippen molar-refractivity contribution in [3.8, 4) is 0 Å². The van der Waals surface area contributed by atoms with Crippen LogP contribution in [0.3, 0.4) is 0 Å². The maximum Gasteiger partial charge on any atom is 0.508 e. The highest BCUT2D eigenvalue weighted by atomic mass is 16.7. The molecule has 0 aromatic carbocycles. The predicted molar refractivity (Wildman–Crippen MR) is 57.5 cm³/mol. The van der Waals surface area contributed by atoms with Crippen molar-refractivity contribution in [1.29, 1.82) is 0 Å². The molecular weight excluding hydrogens is 196 g/mol. The summed E-state index contributed by atoms with van der Waals surface area (Å²) in [7, 11) is 1.24. The first-order chi connectivity index (χ1) is 7.02. The van der Waals surface area contributed by atoms with Crippen LogP contribution in [0.5, 0.6) is 0 Å². The smallest absolute Gasteiger partial charge is 0.438 e. The molecule has 0 fully saturated rings. The van der Waals surface area contributed by atoms with Gasteiger partial charge in [-0.15, -0.1) is 6.58 Å². The summed E-state index contributed by atoms with van der Waals surface area (Å²) in [6.07, 6.45) is 1.99. The SMILES string of the molecule is C=C[C@H](C)[C@@H](O)/C(C)=C/COC(=O)OC. The zero-order chi connectivity index (χ0) is 11.8. The van der Waals surface area contributed by atoms with Crippen LogP contribution in [0.1, 0.15) is 13.8 Å². The first-order valence-electron chi connectivity index (χ1n) is 4.71. The minimum absolute atomic E-state index is 0.0284. The second-order valence-electron chi connectivity index (χ2n) is 3.25. The van der Waals surface area contributed by atoms with Crippen molar-refractivity contribution in [2.75, 3.05) is 13.7 Å². The number of carbonyl (C=O) groups is 1. The second kappa shape index (κ2) is 7.06. The van der Waals surface area contributed by atoms with Gasteiger partial charge < -0.3 is 14.6 Å². The molecule has 0 bridgehead atoms. The maximum atomic E-state index is 10.6. The molecule has 0 aromatic heterocycles. The fourth-order valence-corrected chi connectivity index (χ4v) is 0.964. The van der Waals surface area contributed by atoms with E-state index in [0.29, 0.717) is 0 Å². The lowest BCUT2D eigenvalue weighted by atomic mass is 9.98. The lowest BCUT2D eigenvalue weighted by Gasteiger charge is -2.15. The number of methoxy groups -OCH3 is 1. The summed E-state index contributed by atoms with van der Waals surface area (Å²) in [5.41, 5.74) is 0.742. The first kappa shape index (κ1) is 13.7. The van der Waals surface area contributed by atoms with Gasteiger partial charge in [0.05, 0.1) is 13.2 Å². The number of hydrogen-bond acceptors (Lipinski definition) is 4. The van der Waals surface area contributed by atoms with Gasteiger partial charge in [0.25, 0.3) is 0 Å². The van der Waals surface area contributed by atoms with Crippen LogP contribution in [0.4, 0.5) is 4.79 Å². The van der Waals surface area contributed by atoms with Crippen molar-refractivity contribution in [3.05, 3.63) is 24.3 Å². The highest BCUT2D eigenvalue weighted by molar-refractivity contribution is 5.59. The molecule has 86 valence electrons. The second-order valence-corrected chi connectivity index (χ2v) is 3.25. The molecule has 0 aliphatic heterocycles. The van der Waals surface area contributed by atoms with E-state index in [-0.39, 0.29) is 12.5 Å². The van der Waals surface area contributed by atoms with E-state index in [4.69, 9.17) is 0 Å². The Morgan fingerprint density at radius 3 is 2.67 bits per heavy atom. The van der Waals surface area contributed by atoms with Crippen LogP contribution in [0.15, 0.2) is 24.3 Å². The fraction of sp³-hybridized carbons (Fsp3) is 0.545. The Morgan fingerprint density at radius 1 is 1.60 bits per heavy atom. The lowest BCUT2D eigenvalue weighted by molar-refractivity contribution is 0.0811. The molecule has 0 spiro atoms. The van der Waals surface area contributed by atoms with E-state index in [2.05, 4.69) is 16.1 Å². The van der Waals surface area contributed by atoms with E-state index in [9.17, 15) is 9.90 Å². The molecule has 2 atom stereocenters. The third kappa shape index (κ3) is 5.22. The summed E-state index contributed by atoms with van der Waals surface area (Å²) in [5.74, 6) is -0.0284. The average molecular weight is 214 g/mol.